The number of anilines is 1. The van der Waals surface area contributed by atoms with E-state index in [1.807, 2.05) is 0 Å². The lowest BCUT2D eigenvalue weighted by Crippen LogP contribution is -2.28. The van der Waals surface area contributed by atoms with Gasteiger partial charge in [-0.25, -0.2) is 0 Å². The smallest absolute Gasteiger partial charge is 0.328 e. The van der Waals surface area contributed by atoms with Crippen molar-refractivity contribution in [2.24, 2.45) is 5.92 Å². The van der Waals surface area contributed by atoms with Crippen LogP contribution < -0.4 is 5.32 Å². The number of aryl methyl sites for hydroxylation is 1. The predicted octanol–water partition coefficient (Wildman–Crippen LogP) is 1.13. The number of amides is 1. The summed E-state index contributed by atoms with van der Waals surface area (Å²) in [4.78, 5) is 15.5. The molecule has 0 aliphatic heterocycles. The molecule has 0 radical (unpaired) electrons. The third kappa shape index (κ3) is 3.03. The van der Waals surface area contributed by atoms with Gasteiger partial charge in [0.15, 0.2) is 5.82 Å². The molecule has 2 rings (SSSR count). The molecule has 1 atom stereocenters. The molecule has 0 saturated heterocycles. The van der Waals surface area contributed by atoms with E-state index in [0.29, 0.717) is 18.3 Å². The number of carbonyl (C=O) groups excluding carboxylic acids is 1. The van der Waals surface area contributed by atoms with Crippen LogP contribution in [0.5, 0.6) is 0 Å². The van der Waals surface area contributed by atoms with Gasteiger partial charge in [-0.1, -0.05) is 5.16 Å². The summed E-state index contributed by atoms with van der Waals surface area (Å²) in [5.41, 5.74) is 0. The van der Waals surface area contributed by atoms with Gasteiger partial charge in [-0.2, -0.15) is 4.98 Å². The average molecular weight is 225 g/mol. The maximum absolute atomic E-state index is 11.6. The summed E-state index contributed by atoms with van der Waals surface area (Å²) in [5, 5.41) is 6.07. The van der Waals surface area contributed by atoms with Crippen molar-refractivity contribution in [3.8, 4) is 0 Å². The number of hydrogen-bond donors (Lipinski definition) is 1. The Morgan fingerprint density at radius 3 is 3.00 bits per heavy atom. The lowest BCUT2D eigenvalue weighted by molar-refractivity contribution is -0.126. The highest BCUT2D eigenvalue weighted by Crippen LogP contribution is 2.29. The first-order valence-corrected chi connectivity index (χ1v) is 5.38. The lowest BCUT2D eigenvalue weighted by Gasteiger charge is -2.10. The molecular formula is C10H15N3O3. The molecule has 1 aromatic heterocycles. The summed E-state index contributed by atoms with van der Waals surface area (Å²) in [5.74, 6) is 0.868. The summed E-state index contributed by atoms with van der Waals surface area (Å²) in [6, 6.07) is 0.115. The second kappa shape index (κ2) is 4.61. The summed E-state index contributed by atoms with van der Waals surface area (Å²) in [6.45, 7) is 4.05. The first-order valence-electron chi connectivity index (χ1n) is 5.38. The zero-order chi connectivity index (χ0) is 11.5. The predicted molar refractivity (Wildman–Crippen MR) is 55.8 cm³/mol. The van der Waals surface area contributed by atoms with E-state index < -0.39 is 6.10 Å². The van der Waals surface area contributed by atoms with Crippen molar-refractivity contribution in [1.82, 2.24) is 10.1 Å². The molecule has 1 aliphatic rings. The molecule has 88 valence electrons. The molecule has 0 bridgehead atoms. The third-order valence-corrected chi connectivity index (χ3v) is 2.41. The van der Waals surface area contributed by atoms with Gasteiger partial charge in [0.2, 0.25) is 0 Å². The maximum atomic E-state index is 11.6. The van der Waals surface area contributed by atoms with Gasteiger partial charge < -0.3 is 9.26 Å². The Morgan fingerprint density at radius 1 is 1.69 bits per heavy atom. The van der Waals surface area contributed by atoms with E-state index in [0.717, 1.165) is 0 Å². The second-order valence-electron chi connectivity index (χ2n) is 4.05. The molecule has 1 saturated carbocycles. The minimum absolute atomic E-state index is 0.115. The molecule has 0 spiro atoms. The van der Waals surface area contributed by atoms with E-state index in [2.05, 4.69) is 15.5 Å². The largest absolute Gasteiger partial charge is 0.368 e. The van der Waals surface area contributed by atoms with Crippen molar-refractivity contribution in [2.75, 3.05) is 11.9 Å². The van der Waals surface area contributed by atoms with Crippen LogP contribution >= 0.6 is 0 Å². The normalized spacial score (nSPS) is 17.1. The lowest BCUT2D eigenvalue weighted by atomic mass is 10.3. The fraction of sp³-hybridized carbons (Fsp3) is 0.700. The van der Waals surface area contributed by atoms with Crippen LogP contribution in [0.1, 0.15) is 25.6 Å². The quantitative estimate of drug-likeness (QED) is 0.812. The zero-order valence-corrected chi connectivity index (χ0v) is 9.40. The fourth-order valence-electron chi connectivity index (χ4n) is 1.20. The Balaban J connectivity index is 1.77. The average Bonchev–Trinajstić information content (AvgIpc) is 2.99. The SMILES string of the molecule is Cc1noc(NC(=O)[C@H](C)OCC2CC2)n1. The molecule has 1 aromatic rings. The number of rotatable bonds is 5. The second-order valence-corrected chi connectivity index (χ2v) is 4.05. The Labute approximate surface area is 93.4 Å². The van der Waals surface area contributed by atoms with E-state index in [4.69, 9.17) is 9.26 Å². The van der Waals surface area contributed by atoms with Crippen LogP contribution in [-0.4, -0.2) is 28.8 Å². The monoisotopic (exact) mass is 225 g/mol. The summed E-state index contributed by atoms with van der Waals surface area (Å²) < 4.78 is 10.2. The molecule has 6 nitrogen and oxygen atoms in total. The summed E-state index contributed by atoms with van der Waals surface area (Å²) in [6.07, 6.45) is 1.92. The number of aromatic nitrogens is 2. The fourth-order valence-corrected chi connectivity index (χ4v) is 1.20. The van der Waals surface area contributed by atoms with Gasteiger partial charge in [0.1, 0.15) is 6.10 Å². The maximum Gasteiger partial charge on any atom is 0.328 e. The van der Waals surface area contributed by atoms with Gasteiger partial charge in [0.25, 0.3) is 5.91 Å². The number of hydrogen-bond acceptors (Lipinski definition) is 5. The molecule has 0 aromatic carbocycles. The third-order valence-electron chi connectivity index (χ3n) is 2.41. The highest BCUT2D eigenvalue weighted by Gasteiger charge is 2.24. The van der Waals surface area contributed by atoms with Crippen molar-refractivity contribution in [3.05, 3.63) is 5.82 Å². The number of nitrogens with one attached hydrogen (secondary N) is 1. The van der Waals surface area contributed by atoms with Crippen LogP contribution in [-0.2, 0) is 9.53 Å². The molecule has 1 aliphatic carbocycles. The van der Waals surface area contributed by atoms with Crippen LogP contribution in [0.15, 0.2) is 4.52 Å². The molecule has 0 unspecified atom stereocenters. The minimum Gasteiger partial charge on any atom is -0.368 e. The molecule has 6 heteroatoms. The van der Waals surface area contributed by atoms with Gasteiger partial charge in [0.05, 0.1) is 6.61 Å². The van der Waals surface area contributed by atoms with Crippen molar-refractivity contribution in [1.29, 1.82) is 0 Å². The Kier molecular flexibility index (Phi) is 3.19. The highest BCUT2D eigenvalue weighted by molar-refractivity contribution is 5.91. The van der Waals surface area contributed by atoms with E-state index >= 15 is 0 Å². The standard InChI is InChI=1S/C10H15N3O3/c1-6(15-5-8-3-4-8)9(14)12-10-11-7(2)13-16-10/h6,8H,3-5H2,1-2H3,(H,11,12,13,14)/t6-/m0/s1. The van der Waals surface area contributed by atoms with Gasteiger partial charge in [-0.3, -0.25) is 10.1 Å². The summed E-state index contributed by atoms with van der Waals surface area (Å²) in [7, 11) is 0. The number of carbonyl (C=O) groups is 1. The Bertz CT molecular complexity index is 373. The molecule has 1 N–H and O–H groups in total. The van der Waals surface area contributed by atoms with E-state index in [-0.39, 0.29) is 11.9 Å². The van der Waals surface area contributed by atoms with Crippen molar-refractivity contribution < 1.29 is 14.1 Å². The van der Waals surface area contributed by atoms with Crippen LogP contribution in [0.2, 0.25) is 0 Å². The van der Waals surface area contributed by atoms with Crippen LogP contribution in [0.25, 0.3) is 0 Å². The number of ether oxygens (including phenoxy) is 1. The van der Waals surface area contributed by atoms with E-state index in [9.17, 15) is 4.79 Å². The van der Waals surface area contributed by atoms with Crippen molar-refractivity contribution >= 4 is 11.9 Å². The van der Waals surface area contributed by atoms with Crippen molar-refractivity contribution in [2.45, 2.75) is 32.8 Å². The van der Waals surface area contributed by atoms with Crippen LogP contribution in [0, 0.1) is 12.8 Å². The molecule has 1 fully saturated rings. The van der Waals surface area contributed by atoms with Gasteiger partial charge in [-0.15, -0.1) is 0 Å². The number of nitrogens with zero attached hydrogens (tertiary/aromatic N) is 2. The van der Waals surface area contributed by atoms with E-state index in [1.54, 1.807) is 13.8 Å². The van der Waals surface area contributed by atoms with Gasteiger partial charge >= 0.3 is 6.01 Å². The zero-order valence-electron chi connectivity index (χ0n) is 9.40. The van der Waals surface area contributed by atoms with Crippen LogP contribution in [0.3, 0.4) is 0 Å². The Morgan fingerprint density at radius 2 is 2.44 bits per heavy atom. The molecular weight excluding hydrogens is 210 g/mol. The topological polar surface area (TPSA) is 77.2 Å². The molecule has 1 heterocycles. The van der Waals surface area contributed by atoms with Crippen molar-refractivity contribution in [3.63, 3.8) is 0 Å². The summed E-state index contributed by atoms with van der Waals surface area (Å²) >= 11 is 0. The first kappa shape index (κ1) is 11.1. The van der Waals surface area contributed by atoms with Gasteiger partial charge in [-0.05, 0) is 32.6 Å². The van der Waals surface area contributed by atoms with E-state index in [1.165, 1.54) is 12.8 Å². The Hall–Kier alpha value is -1.43. The minimum atomic E-state index is -0.493. The van der Waals surface area contributed by atoms with Crippen LogP contribution in [0.4, 0.5) is 6.01 Å². The van der Waals surface area contributed by atoms with Gasteiger partial charge in [0, 0.05) is 0 Å². The first-order chi connectivity index (χ1) is 7.65. The molecule has 1 amide bonds. The molecule has 16 heavy (non-hydrogen) atoms. The highest BCUT2D eigenvalue weighted by atomic mass is 16.5.